The van der Waals surface area contributed by atoms with E-state index in [4.69, 9.17) is 5.84 Å². The van der Waals surface area contributed by atoms with Gasteiger partial charge in [-0.05, 0) is 26.3 Å². The van der Waals surface area contributed by atoms with E-state index in [1.54, 1.807) is 11.3 Å². The second-order valence-corrected chi connectivity index (χ2v) is 5.75. The lowest BCUT2D eigenvalue weighted by atomic mass is 10.2. The van der Waals surface area contributed by atoms with E-state index in [0.29, 0.717) is 5.82 Å². The van der Waals surface area contributed by atoms with Crippen LogP contribution in [0, 0.1) is 13.8 Å². The summed E-state index contributed by atoms with van der Waals surface area (Å²) in [5.74, 6) is 6.90. The van der Waals surface area contributed by atoms with Crippen molar-refractivity contribution in [3.63, 3.8) is 0 Å². The number of hydrogen-bond donors (Lipinski definition) is 2. The first-order valence-electron chi connectivity index (χ1n) is 6.06. The van der Waals surface area contributed by atoms with Gasteiger partial charge in [0.15, 0.2) is 5.82 Å². The first-order chi connectivity index (χ1) is 8.63. The molecule has 0 fully saturated rings. The molecule has 4 nitrogen and oxygen atoms in total. The van der Waals surface area contributed by atoms with Crippen LogP contribution in [0.4, 0.5) is 5.82 Å². The van der Waals surface area contributed by atoms with E-state index in [-0.39, 0.29) is 0 Å². The van der Waals surface area contributed by atoms with E-state index < -0.39 is 0 Å². The third kappa shape index (κ3) is 2.68. The van der Waals surface area contributed by atoms with Crippen molar-refractivity contribution in [1.29, 1.82) is 0 Å². The normalized spacial score (nSPS) is 10.7. The average molecular weight is 262 g/mol. The smallest absolute Gasteiger partial charge is 0.162 e. The minimum absolute atomic E-state index is 0.673. The van der Waals surface area contributed by atoms with Gasteiger partial charge in [0.2, 0.25) is 0 Å². The summed E-state index contributed by atoms with van der Waals surface area (Å²) in [5, 5.41) is 0. The standard InChI is InChI=1S/C13H18N4S/c1-4-5-10-7-12(17-14)16-13(15-10)11-6-8(2)18-9(11)3/h6-7H,4-5,14H2,1-3H3,(H,15,16,17). The number of aryl methyl sites for hydroxylation is 3. The van der Waals surface area contributed by atoms with E-state index in [9.17, 15) is 0 Å². The summed E-state index contributed by atoms with van der Waals surface area (Å²) in [6, 6.07) is 4.03. The third-order valence-electron chi connectivity index (χ3n) is 2.72. The molecule has 2 aromatic heterocycles. The van der Waals surface area contributed by atoms with E-state index >= 15 is 0 Å². The molecular weight excluding hydrogens is 244 g/mol. The second-order valence-electron chi connectivity index (χ2n) is 4.29. The highest BCUT2D eigenvalue weighted by molar-refractivity contribution is 7.12. The molecule has 0 bridgehead atoms. The van der Waals surface area contributed by atoms with Gasteiger partial charge in [0.1, 0.15) is 5.82 Å². The molecule has 0 atom stereocenters. The van der Waals surface area contributed by atoms with Crippen molar-refractivity contribution in [3.8, 4) is 11.4 Å². The molecular formula is C13H18N4S. The molecule has 96 valence electrons. The Hall–Kier alpha value is -1.46. The van der Waals surface area contributed by atoms with E-state index in [1.807, 2.05) is 6.07 Å². The maximum atomic E-state index is 5.47. The molecule has 2 heterocycles. The minimum Gasteiger partial charge on any atom is -0.308 e. The summed E-state index contributed by atoms with van der Waals surface area (Å²) in [7, 11) is 0. The molecule has 5 heteroatoms. The zero-order valence-electron chi connectivity index (χ0n) is 10.9. The summed E-state index contributed by atoms with van der Waals surface area (Å²) < 4.78 is 0. The van der Waals surface area contributed by atoms with Crippen molar-refractivity contribution in [1.82, 2.24) is 9.97 Å². The van der Waals surface area contributed by atoms with Crippen LogP contribution in [0.3, 0.4) is 0 Å². The second kappa shape index (κ2) is 5.46. The van der Waals surface area contributed by atoms with E-state index in [1.165, 1.54) is 9.75 Å². The minimum atomic E-state index is 0.673. The number of rotatable bonds is 4. The third-order valence-corrected chi connectivity index (χ3v) is 3.68. The summed E-state index contributed by atoms with van der Waals surface area (Å²) >= 11 is 1.77. The van der Waals surface area contributed by atoms with Gasteiger partial charge in [-0.25, -0.2) is 15.8 Å². The van der Waals surface area contributed by atoms with Gasteiger partial charge < -0.3 is 5.43 Å². The molecule has 0 aliphatic heterocycles. The quantitative estimate of drug-likeness (QED) is 0.656. The highest BCUT2D eigenvalue weighted by atomic mass is 32.1. The average Bonchev–Trinajstić information content (AvgIpc) is 2.68. The number of hydrazine groups is 1. The lowest BCUT2D eigenvalue weighted by Crippen LogP contribution is -2.10. The van der Waals surface area contributed by atoms with Crippen LogP contribution in [0.2, 0.25) is 0 Å². The Morgan fingerprint density at radius 2 is 2.06 bits per heavy atom. The highest BCUT2D eigenvalue weighted by Gasteiger charge is 2.11. The Kier molecular flexibility index (Phi) is 3.93. The molecule has 2 aromatic rings. The Morgan fingerprint density at radius 1 is 1.28 bits per heavy atom. The number of nitrogens with one attached hydrogen (secondary N) is 1. The Bertz CT molecular complexity index is 548. The fraction of sp³-hybridized carbons (Fsp3) is 0.385. The molecule has 3 N–H and O–H groups in total. The fourth-order valence-corrected chi connectivity index (χ4v) is 2.85. The van der Waals surface area contributed by atoms with Crippen molar-refractivity contribution in [2.45, 2.75) is 33.6 Å². The topological polar surface area (TPSA) is 63.8 Å². The van der Waals surface area contributed by atoms with E-state index in [2.05, 4.69) is 42.2 Å². The predicted octanol–water partition coefficient (Wildman–Crippen LogP) is 3.06. The largest absolute Gasteiger partial charge is 0.308 e. The lowest BCUT2D eigenvalue weighted by Gasteiger charge is -2.06. The molecule has 0 aliphatic carbocycles. The summed E-state index contributed by atoms with van der Waals surface area (Å²) in [5.41, 5.74) is 4.74. The van der Waals surface area contributed by atoms with Gasteiger partial charge in [0, 0.05) is 27.1 Å². The van der Waals surface area contributed by atoms with Crippen molar-refractivity contribution >= 4 is 17.2 Å². The number of nitrogens with zero attached hydrogens (tertiary/aromatic N) is 2. The first kappa shape index (κ1) is 13.0. The van der Waals surface area contributed by atoms with Crippen molar-refractivity contribution < 1.29 is 0 Å². The van der Waals surface area contributed by atoms with Crippen LogP contribution in [-0.2, 0) is 6.42 Å². The van der Waals surface area contributed by atoms with Gasteiger partial charge in [-0.2, -0.15) is 0 Å². The molecule has 0 saturated heterocycles. The van der Waals surface area contributed by atoms with Crippen molar-refractivity contribution in [2.24, 2.45) is 5.84 Å². The molecule has 18 heavy (non-hydrogen) atoms. The number of anilines is 1. The van der Waals surface area contributed by atoms with Crippen LogP contribution in [0.5, 0.6) is 0 Å². The van der Waals surface area contributed by atoms with E-state index in [0.717, 1.165) is 29.9 Å². The first-order valence-corrected chi connectivity index (χ1v) is 6.87. The van der Waals surface area contributed by atoms with Crippen molar-refractivity contribution in [3.05, 3.63) is 27.6 Å². The Balaban J connectivity index is 2.49. The van der Waals surface area contributed by atoms with Gasteiger partial charge in [-0.1, -0.05) is 13.3 Å². The SMILES string of the molecule is CCCc1cc(NN)nc(-c2cc(C)sc2C)n1. The Labute approximate surface area is 111 Å². The molecule has 0 saturated carbocycles. The zero-order valence-corrected chi connectivity index (χ0v) is 11.8. The number of aromatic nitrogens is 2. The van der Waals surface area contributed by atoms with Crippen molar-refractivity contribution in [2.75, 3.05) is 5.43 Å². The van der Waals surface area contributed by atoms with Gasteiger partial charge in [0.05, 0.1) is 0 Å². The molecule has 0 amide bonds. The summed E-state index contributed by atoms with van der Waals surface area (Å²) in [4.78, 5) is 11.6. The molecule has 0 unspecified atom stereocenters. The maximum Gasteiger partial charge on any atom is 0.162 e. The van der Waals surface area contributed by atoms with Gasteiger partial charge in [0.25, 0.3) is 0 Å². The highest BCUT2D eigenvalue weighted by Crippen LogP contribution is 2.29. The van der Waals surface area contributed by atoms with Crippen LogP contribution >= 0.6 is 11.3 Å². The summed E-state index contributed by atoms with van der Waals surface area (Å²) in [6.07, 6.45) is 1.99. The number of hydrogen-bond acceptors (Lipinski definition) is 5. The summed E-state index contributed by atoms with van der Waals surface area (Å²) in [6.45, 7) is 6.33. The van der Waals surface area contributed by atoms with Gasteiger partial charge in [-0.3, -0.25) is 0 Å². The Morgan fingerprint density at radius 3 is 2.61 bits per heavy atom. The number of nitrogen functional groups attached to an aromatic ring is 1. The van der Waals surface area contributed by atoms with Crippen LogP contribution in [0.15, 0.2) is 12.1 Å². The van der Waals surface area contributed by atoms with Crippen LogP contribution in [0.25, 0.3) is 11.4 Å². The maximum absolute atomic E-state index is 5.47. The monoisotopic (exact) mass is 262 g/mol. The molecule has 0 spiro atoms. The van der Waals surface area contributed by atoms with Gasteiger partial charge in [-0.15, -0.1) is 11.3 Å². The molecule has 2 rings (SSSR count). The van der Waals surface area contributed by atoms with Crippen LogP contribution in [-0.4, -0.2) is 9.97 Å². The van der Waals surface area contributed by atoms with Gasteiger partial charge >= 0.3 is 0 Å². The lowest BCUT2D eigenvalue weighted by molar-refractivity contribution is 0.875. The molecule has 0 aliphatic rings. The fourth-order valence-electron chi connectivity index (χ4n) is 1.93. The number of thiophene rings is 1. The molecule has 0 aromatic carbocycles. The zero-order chi connectivity index (χ0) is 13.1. The van der Waals surface area contributed by atoms with Crippen LogP contribution < -0.4 is 11.3 Å². The predicted molar refractivity (Wildman–Crippen MR) is 76.6 cm³/mol. The molecule has 0 radical (unpaired) electrons. The number of nitrogens with two attached hydrogens (primary N) is 1. The van der Waals surface area contributed by atoms with Crippen LogP contribution in [0.1, 0.15) is 28.8 Å².